The minimum atomic E-state index is -0.0740. The van der Waals surface area contributed by atoms with E-state index in [9.17, 15) is 0 Å². The van der Waals surface area contributed by atoms with Crippen LogP contribution in [-0.2, 0) is 13.5 Å². The molecular weight excluding hydrogens is 258 g/mol. The van der Waals surface area contributed by atoms with Crippen LogP contribution in [0.25, 0.3) is 0 Å². The molecule has 2 aliphatic rings. The first-order chi connectivity index (χ1) is 8.98. The summed E-state index contributed by atoms with van der Waals surface area (Å²) in [7, 11) is 1.97. The lowest BCUT2D eigenvalue weighted by atomic mass is 9.72. The number of nitrogens with two attached hydrogens (primary N) is 1. The number of aryl methyl sites for hydroxylation is 2. The molecule has 0 aliphatic heterocycles. The maximum atomic E-state index is 6.69. The molecule has 4 heteroatoms. The van der Waals surface area contributed by atoms with Gasteiger partial charge in [0.25, 0.3) is 0 Å². The van der Waals surface area contributed by atoms with Crippen LogP contribution >= 0.6 is 11.6 Å². The van der Waals surface area contributed by atoms with Gasteiger partial charge in [0.2, 0.25) is 0 Å². The highest BCUT2D eigenvalue weighted by Gasteiger charge is 2.40. The second-order valence-electron chi connectivity index (χ2n) is 6.70. The monoisotopic (exact) mass is 281 g/mol. The van der Waals surface area contributed by atoms with Crippen molar-refractivity contribution in [3.63, 3.8) is 0 Å². The van der Waals surface area contributed by atoms with Crippen molar-refractivity contribution in [3.8, 4) is 0 Å². The van der Waals surface area contributed by atoms with Gasteiger partial charge < -0.3 is 5.73 Å². The lowest BCUT2D eigenvalue weighted by molar-refractivity contribution is 0.202. The maximum Gasteiger partial charge on any atom is 0.0847 e. The summed E-state index contributed by atoms with van der Waals surface area (Å²) >= 11 is 6.37. The third-order valence-corrected chi connectivity index (χ3v) is 5.48. The Hall–Kier alpha value is -0.540. The molecule has 0 saturated heterocycles. The molecule has 19 heavy (non-hydrogen) atoms. The quantitative estimate of drug-likeness (QED) is 0.924. The predicted molar refractivity (Wildman–Crippen MR) is 78.3 cm³/mol. The molecule has 0 amide bonds. The Morgan fingerprint density at radius 2 is 2.11 bits per heavy atom. The van der Waals surface area contributed by atoms with E-state index >= 15 is 0 Å². The van der Waals surface area contributed by atoms with Gasteiger partial charge in [-0.05, 0) is 44.4 Å². The Balaban J connectivity index is 1.76. The van der Waals surface area contributed by atoms with Crippen molar-refractivity contribution >= 4 is 11.6 Å². The fourth-order valence-corrected chi connectivity index (χ4v) is 4.01. The summed E-state index contributed by atoms with van der Waals surface area (Å²) < 4.78 is 1.91. The van der Waals surface area contributed by atoms with E-state index in [2.05, 4.69) is 5.10 Å². The predicted octanol–water partition coefficient (Wildman–Crippen LogP) is 3.22. The van der Waals surface area contributed by atoms with Gasteiger partial charge >= 0.3 is 0 Å². The largest absolute Gasteiger partial charge is 0.325 e. The topological polar surface area (TPSA) is 43.8 Å². The zero-order valence-electron chi connectivity index (χ0n) is 12.0. The third kappa shape index (κ3) is 2.68. The second kappa shape index (κ2) is 4.78. The van der Waals surface area contributed by atoms with Gasteiger partial charge in [0.1, 0.15) is 0 Å². The molecule has 2 unspecified atom stereocenters. The molecule has 3 rings (SSSR count). The van der Waals surface area contributed by atoms with Crippen molar-refractivity contribution in [2.45, 2.75) is 57.4 Å². The van der Waals surface area contributed by atoms with Crippen LogP contribution in [0, 0.1) is 18.8 Å². The number of rotatable bonds is 3. The van der Waals surface area contributed by atoms with E-state index in [-0.39, 0.29) is 5.54 Å². The van der Waals surface area contributed by atoms with Gasteiger partial charge in [-0.1, -0.05) is 24.4 Å². The minimum Gasteiger partial charge on any atom is -0.325 e. The lowest BCUT2D eigenvalue weighted by Gasteiger charge is -2.38. The van der Waals surface area contributed by atoms with Crippen molar-refractivity contribution in [1.82, 2.24) is 9.78 Å². The summed E-state index contributed by atoms with van der Waals surface area (Å²) in [4.78, 5) is 0. The maximum absolute atomic E-state index is 6.69. The highest BCUT2D eigenvalue weighted by atomic mass is 35.5. The van der Waals surface area contributed by atoms with Gasteiger partial charge in [0.15, 0.2) is 0 Å². The molecule has 1 aromatic heterocycles. The Morgan fingerprint density at radius 3 is 2.68 bits per heavy atom. The summed E-state index contributed by atoms with van der Waals surface area (Å²) in [5.74, 6) is 1.82. The second-order valence-corrected chi connectivity index (χ2v) is 7.08. The third-order valence-electron chi connectivity index (χ3n) is 4.99. The number of hydrogen-bond acceptors (Lipinski definition) is 2. The molecule has 0 radical (unpaired) electrons. The fourth-order valence-electron chi connectivity index (χ4n) is 3.78. The summed E-state index contributed by atoms with van der Waals surface area (Å²) in [5.41, 5.74) is 8.64. The van der Waals surface area contributed by atoms with Gasteiger partial charge in [0.05, 0.1) is 16.4 Å². The van der Waals surface area contributed by atoms with Gasteiger partial charge in [0, 0.05) is 19.0 Å². The molecule has 2 saturated carbocycles. The van der Waals surface area contributed by atoms with E-state index in [1.165, 1.54) is 25.7 Å². The van der Waals surface area contributed by atoms with Crippen molar-refractivity contribution < 1.29 is 0 Å². The standard InChI is InChI=1S/C15H24ClN3/c1-10-14(16)13(19(2)18-10)9-15(17)7-3-4-12(8-15)11-5-6-11/h11-12H,3-9,17H2,1-2H3. The first-order valence-corrected chi connectivity index (χ1v) is 7.83. The molecule has 0 bridgehead atoms. The van der Waals surface area contributed by atoms with Gasteiger partial charge in [-0.15, -0.1) is 0 Å². The van der Waals surface area contributed by atoms with E-state index in [1.807, 2.05) is 18.7 Å². The summed E-state index contributed by atoms with van der Waals surface area (Å²) in [6.07, 6.45) is 8.65. The summed E-state index contributed by atoms with van der Waals surface area (Å²) in [5, 5.41) is 5.21. The van der Waals surface area contributed by atoms with Crippen LogP contribution in [0.3, 0.4) is 0 Å². The molecule has 106 valence electrons. The van der Waals surface area contributed by atoms with Crippen molar-refractivity contribution in [2.75, 3.05) is 0 Å². The zero-order chi connectivity index (χ0) is 13.6. The van der Waals surface area contributed by atoms with Crippen LogP contribution in [-0.4, -0.2) is 15.3 Å². The van der Waals surface area contributed by atoms with E-state index in [1.54, 1.807) is 0 Å². The smallest absolute Gasteiger partial charge is 0.0847 e. The van der Waals surface area contributed by atoms with E-state index in [0.29, 0.717) is 0 Å². The molecule has 1 aromatic rings. The molecule has 0 aromatic carbocycles. The molecule has 2 atom stereocenters. The average Bonchev–Trinajstić information content (AvgIpc) is 3.16. The normalized spacial score (nSPS) is 31.7. The van der Waals surface area contributed by atoms with Crippen LogP contribution in [0.2, 0.25) is 5.02 Å². The summed E-state index contributed by atoms with van der Waals surface area (Å²) in [6.45, 7) is 1.96. The van der Waals surface area contributed by atoms with Crippen LogP contribution in [0.4, 0.5) is 0 Å². The molecule has 2 fully saturated rings. The highest BCUT2D eigenvalue weighted by molar-refractivity contribution is 6.31. The van der Waals surface area contributed by atoms with Crippen LogP contribution < -0.4 is 5.73 Å². The van der Waals surface area contributed by atoms with Gasteiger partial charge in [-0.25, -0.2) is 0 Å². The van der Waals surface area contributed by atoms with Crippen molar-refractivity contribution in [1.29, 1.82) is 0 Å². The SMILES string of the molecule is Cc1nn(C)c(CC2(N)CCCC(C3CC3)C2)c1Cl. The lowest BCUT2D eigenvalue weighted by Crippen LogP contribution is -2.47. The molecular formula is C15H24ClN3. The average molecular weight is 282 g/mol. The number of aromatic nitrogens is 2. The zero-order valence-corrected chi connectivity index (χ0v) is 12.7. The first-order valence-electron chi connectivity index (χ1n) is 7.45. The number of hydrogen-bond donors (Lipinski definition) is 1. The van der Waals surface area contributed by atoms with Gasteiger partial charge in [-0.3, -0.25) is 4.68 Å². The van der Waals surface area contributed by atoms with Crippen LogP contribution in [0.5, 0.6) is 0 Å². The Kier molecular flexibility index (Phi) is 3.38. The number of nitrogens with zero attached hydrogens (tertiary/aromatic N) is 2. The molecule has 3 nitrogen and oxygen atoms in total. The molecule has 2 aliphatic carbocycles. The Morgan fingerprint density at radius 1 is 1.37 bits per heavy atom. The molecule has 2 N–H and O–H groups in total. The minimum absolute atomic E-state index is 0.0740. The van der Waals surface area contributed by atoms with Crippen LogP contribution in [0.15, 0.2) is 0 Å². The van der Waals surface area contributed by atoms with Crippen molar-refractivity contribution in [3.05, 3.63) is 16.4 Å². The van der Waals surface area contributed by atoms with E-state index in [0.717, 1.165) is 47.5 Å². The molecule has 0 spiro atoms. The van der Waals surface area contributed by atoms with E-state index in [4.69, 9.17) is 17.3 Å². The first kappa shape index (κ1) is 13.4. The van der Waals surface area contributed by atoms with Gasteiger partial charge in [-0.2, -0.15) is 5.10 Å². The Labute approximate surface area is 120 Å². The highest BCUT2D eigenvalue weighted by Crippen LogP contribution is 2.46. The fraction of sp³-hybridized carbons (Fsp3) is 0.800. The Bertz CT molecular complexity index is 478. The number of halogens is 1. The van der Waals surface area contributed by atoms with Crippen LogP contribution in [0.1, 0.15) is 49.9 Å². The molecule has 1 heterocycles. The summed E-state index contributed by atoms with van der Waals surface area (Å²) in [6, 6.07) is 0. The van der Waals surface area contributed by atoms with Crippen molar-refractivity contribution in [2.24, 2.45) is 24.6 Å². The van der Waals surface area contributed by atoms with E-state index < -0.39 is 0 Å².